The molecule has 0 aliphatic carbocycles. The molecular weight excluding hydrogens is 336 g/mol. The molecule has 0 unspecified atom stereocenters. The molecule has 0 N–H and O–H groups in total. The van der Waals surface area contributed by atoms with E-state index in [1.807, 2.05) is 0 Å². The van der Waals surface area contributed by atoms with E-state index in [0.29, 0.717) is 0 Å². The van der Waals surface area contributed by atoms with Crippen LogP contribution in [0.4, 0.5) is 10.5 Å². The molecule has 0 aliphatic heterocycles. The zero-order valence-corrected chi connectivity index (χ0v) is 11.9. The minimum atomic E-state index is -1.10. The monoisotopic (exact) mass is 344 g/mol. The van der Waals surface area contributed by atoms with E-state index in [2.05, 4.69) is 25.4 Å². The molecule has 0 fully saturated rings. The zero-order chi connectivity index (χ0) is 15.1. The Hall–Kier alpha value is -2.18. The second-order valence-corrected chi connectivity index (χ2v) is 4.22. The third-order valence-corrected chi connectivity index (χ3v) is 2.63. The van der Waals surface area contributed by atoms with Gasteiger partial charge in [-0.05, 0) is 22.0 Å². The molecule has 0 bridgehead atoms. The first-order chi connectivity index (χ1) is 9.49. The molecular formula is C11H9BrN2O6. The Bertz CT molecular complexity index is 569. The lowest BCUT2D eigenvalue weighted by Crippen LogP contribution is -2.15. The largest absolute Gasteiger partial charge is 0.514 e. The highest BCUT2D eigenvalue weighted by Crippen LogP contribution is 2.36. The molecule has 0 saturated heterocycles. The molecule has 0 spiro atoms. The van der Waals surface area contributed by atoms with Crippen LogP contribution < -0.4 is 4.74 Å². The van der Waals surface area contributed by atoms with Gasteiger partial charge in [0, 0.05) is 13.2 Å². The van der Waals surface area contributed by atoms with Gasteiger partial charge in [-0.1, -0.05) is 0 Å². The lowest BCUT2D eigenvalue weighted by molar-refractivity contribution is -0.385. The van der Waals surface area contributed by atoms with Gasteiger partial charge in [-0.2, -0.15) is 5.26 Å². The molecule has 1 rings (SSSR count). The zero-order valence-electron chi connectivity index (χ0n) is 10.3. The SMILES string of the molecule is COCCOC(=O)Oc1c(Br)cc(C#N)cc1[N+](=O)[O-]. The molecule has 0 radical (unpaired) electrons. The molecule has 0 amide bonds. The molecule has 1 aromatic carbocycles. The summed E-state index contributed by atoms with van der Waals surface area (Å²) in [6.07, 6.45) is -1.10. The van der Waals surface area contributed by atoms with E-state index in [0.717, 1.165) is 6.07 Å². The van der Waals surface area contributed by atoms with Crippen molar-refractivity contribution >= 4 is 27.8 Å². The van der Waals surface area contributed by atoms with E-state index >= 15 is 0 Å². The van der Waals surface area contributed by atoms with Crippen LogP contribution in [-0.4, -0.2) is 31.4 Å². The van der Waals surface area contributed by atoms with Crippen molar-refractivity contribution in [2.24, 2.45) is 0 Å². The van der Waals surface area contributed by atoms with Gasteiger partial charge in [0.2, 0.25) is 5.75 Å². The highest BCUT2D eigenvalue weighted by molar-refractivity contribution is 9.10. The summed E-state index contributed by atoms with van der Waals surface area (Å²) in [7, 11) is 1.43. The van der Waals surface area contributed by atoms with Gasteiger partial charge < -0.3 is 14.2 Å². The molecule has 0 heterocycles. The topological polar surface area (TPSA) is 112 Å². The number of nitriles is 1. The number of methoxy groups -OCH3 is 1. The Kier molecular flexibility index (Phi) is 5.89. The van der Waals surface area contributed by atoms with Crippen molar-refractivity contribution in [3.63, 3.8) is 0 Å². The van der Waals surface area contributed by atoms with Gasteiger partial charge in [-0.15, -0.1) is 0 Å². The number of carbonyl (C=O) groups is 1. The third-order valence-electron chi connectivity index (χ3n) is 2.04. The average Bonchev–Trinajstić information content (AvgIpc) is 2.40. The van der Waals surface area contributed by atoms with E-state index in [-0.39, 0.29) is 29.0 Å². The van der Waals surface area contributed by atoms with E-state index in [9.17, 15) is 14.9 Å². The maximum absolute atomic E-state index is 11.4. The molecule has 9 heteroatoms. The van der Waals surface area contributed by atoms with Crippen molar-refractivity contribution in [3.8, 4) is 11.8 Å². The molecule has 106 valence electrons. The molecule has 0 aliphatic rings. The molecule has 1 aromatic rings. The van der Waals surface area contributed by atoms with Crippen LogP contribution in [0.1, 0.15) is 5.56 Å². The minimum Gasteiger partial charge on any atom is -0.432 e. The summed E-state index contributed by atoms with van der Waals surface area (Å²) in [6, 6.07) is 4.06. The van der Waals surface area contributed by atoms with Gasteiger partial charge in [0.25, 0.3) is 0 Å². The van der Waals surface area contributed by atoms with Crippen LogP contribution in [0.3, 0.4) is 0 Å². The van der Waals surface area contributed by atoms with Crippen molar-refractivity contribution in [2.45, 2.75) is 0 Å². The Morgan fingerprint density at radius 1 is 1.50 bits per heavy atom. The number of hydrogen-bond acceptors (Lipinski definition) is 7. The summed E-state index contributed by atoms with van der Waals surface area (Å²) in [5.41, 5.74) is -0.455. The van der Waals surface area contributed by atoms with Crippen molar-refractivity contribution < 1.29 is 23.9 Å². The van der Waals surface area contributed by atoms with Crippen molar-refractivity contribution in [2.75, 3.05) is 20.3 Å². The standard InChI is InChI=1S/C11H9BrN2O6/c1-18-2-3-19-11(15)20-10-8(12)4-7(6-13)5-9(10)14(16)17/h4-5H,2-3H2,1H3. The normalized spacial score (nSPS) is 9.65. The van der Waals surface area contributed by atoms with Gasteiger partial charge in [-0.25, -0.2) is 4.79 Å². The van der Waals surface area contributed by atoms with E-state index in [4.69, 9.17) is 10.00 Å². The van der Waals surface area contributed by atoms with Crippen LogP contribution >= 0.6 is 15.9 Å². The second kappa shape index (κ2) is 7.42. The number of rotatable bonds is 5. The van der Waals surface area contributed by atoms with Crippen LogP contribution in [0.15, 0.2) is 16.6 Å². The summed E-state index contributed by atoms with van der Waals surface area (Å²) in [6.45, 7) is 0.128. The lowest BCUT2D eigenvalue weighted by atomic mass is 10.2. The minimum absolute atomic E-state index is 0.0446. The average molecular weight is 345 g/mol. The summed E-state index contributed by atoms with van der Waals surface area (Å²) in [4.78, 5) is 21.5. The van der Waals surface area contributed by atoms with E-state index < -0.39 is 16.8 Å². The number of nitro benzene ring substituents is 1. The predicted molar refractivity (Wildman–Crippen MR) is 69.4 cm³/mol. The maximum atomic E-state index is 11.4. The maximum Gasteiger partial charge on any atom is 0.514 e. The number of nitrogens with zero attached hydrogens (tertiary/aromatic N) is 2. The first-order valence-corrected chi connectivity index (χ1v) is 6.00. The number of ether oxygens (including phenoxy) is 3. The number of halogens is 1. The van der Waals surface area contributed by atoms with Crippen LogP contribution in [0.5, 0.6) is 5.75 Å². The van der Waals surface area contributed by atoms with Crippen LogP contribution in [0, 0.1) is 21.4 Å². The number of benzene rings is 1. The first-order valence-electron chi connectivity index (χ1n) is 5.21. The fourth-order valence-corrected chi connectivity index (χ4v) is 1.73. The number of carbonyl (C=O) groups excluding carboxylic acids is 1. The highest BCUT2D eigenvalue weighted by Gasteiger charge is 2.23. The highest BCUT2D eigenvalue weighted by atomic mass is 79.9. The van der Waals surface area contributed by atoms with Crippen molar-refractivity contribution in [1.29, 1.82) is 5.26 Å². The van der Waals surface area contributed by atoms with E-state index in [1.165, 1.54) is 13.2 Å². The Labute approximate surface area is 122 Å². The van der Waals surface area contributed by atoms with Crippen LogP contribution in [-0.2, 0) is 9.47 Å². The van der Waals surface area contributed by atoms with Gasteiger partial charge in [0.05, 0.1) is 27.6 Å². The van der Waals surface area contributed by atoms with Gasteiger partial charge >= 0.3 is 11.8 Å². The Morgan fingerprint density at radius 2 is 2.20 bits per heavy atom. The summed E-state index contributed by atoms with van der Waals surface area (Å²) in [5, 5.41) is 19.7. The Balaban J connectivity index is 2.97. The molecule has 0 atom stereocenters. The lowest BCUT2D eigenvalue weighted by Gasteiger charge is -2.07. The van der Waals surface area contributed by atoms with Crippen molar-refractivity contribution in [3.05, 3.63) is 32.3 Å². The van der Waals surface area contributed by atoms with Gasteiger partial charge in [-0.3, -0.25) is 10.1 Å². The van der Waals surface area contributed by atoms with E-state index in [1.54, 1.807) is 6.07 Å². The fraction of sp³-hybridized carbons (Fsp3) is 0.273. The summed E-state index contributed by atoms with van der Waals surface area (Å²) < 4.78 is 14.2. The first kappa shape index (κ1) is 15.9. The van der Waals surface area contributed by atoms with Crippen LogP contribution in [0.25, 0.3) is 0 Å². The summed E-state index contributed by atoms with van der Waals surface area (Å²) in [5.74, 6) is -0.323. The second-order valence-electron chi connectivity index (χ2n) is 3.37. The number of nitro groups is 1. The molecule has 0 aromatic heterocycles. The van der Waals surface area contributed by atoms with Gasteiger partial charge in [0.1, 0.15) is 6.61 Å². The summed E-state index contributed by atoms with van der Waals surface area (Å²) >= 11 is 3.00. The number of hydrogen-bond donors (Lipinski definition) is 0. The fourth-order valence-electron chi connectivity index (χ4n) is 1.20. The quantitative estimate of drug-likeness (QED) is 0.265. The smallest absolute Gasteiger partial charge is 0.432 e. The molecule has 0 saturated carbocycles. The third kappa shape index (κ3) is 4.18. The van der Waals surface area contributed by atoms with Crippen LogP contribution in [0.2, 0.25) is 0 Å². The van der Waals surface area contributed by atoms with Gasteiger partial charge in [0.15, 0.2) is 0 Å². The molecule has 8 nitrogen and oxygen atoms in total. The Morgan fingerprint density at radius 3 is 2.75 bits per heavy atom. The van der Waals surface area contributed by atoms with Crippen molar-refractivity contribution in [1.82, 2.24) is 0 Å². The predicted octanol–water partition coefficient (Wildman–Crippen LogP) is 2.39. The molecule has 20 heavy (non-hydrogen) atoms.